The van der Waals surface area contributed by atoms with Gasteiger partial charge in [-0.05, 0) is 53.4 Å². The van der Waals surface area contributed by atoms with E-state index < -0.39 is 12.4 Å². The first-order valence-corrected chi connectivity index (χ1v) is 7.74. The summed E-state index contributed by atoms with van der Waals surface area (Å²) in [4.78, 5) is 11.3. The van der Waals surface area contributed by atoms with Gasteiger partial charge in [0.1, 0.15) is 6.10 Å². The summed E-state index contributed by atoms with van der Waals surface area (Å²) in [6, 6.07) is 0. The molecule has 122 valence electrons. The molecule has 0 aliphatic carbocycles. The van der Waals surface area contributed by atoms with E-state index in [-0.39, 0.29) is 24.3 Å². The summed E-state index contributed by atoms with van der Waals surface area (Å²) in [6.07, 6.45) is 5.15. The van der Waals surface area contributed by atoms with E-state index in [4.69, 9.17) is 14.2 Å². The van der Waals surface area contributed by atoms with Gasteiger partial charge in [-0.25, -0.2) is 4.79 Å². The quantitative estimate of drug-likeness (QED) is 0.578. The smallest absolute Gasteiger partial charge is 0.330 e. The first-order chi connectivity index (χ1) is 9.88. The van der Waals surface area contributed by atoms with Crippen LogP contribution in [0.1, 0.15) is 53.4 Å². The van der Waals surface area contributed by atoms with E-state index in [9.17, 15) is 9.90 Å². The van der Waals surface area contributed by atoms with E-state index in [1.54, 1.807) is 6.08 Å². The Kier molecular flexibility index (Phi) is 7.93. The third-order valence-corrected chi connectivity index (χ3v) is 3.26. The van der Waals surface area contributed by atoms with E-state index in [1.165, 1.54) is 6.08 Å². The molecule has 0 amide bonds. The van der Waals surface area contributed by atoms with E-state index in [0.29, 0.717) is 12.8 Å². The molecule has 5 nitrogen and oxygen atoms in total. The van der Waals surface area contributed by atoms with Crippen molar-refractivity contribution in [3.05, 3.63) is 12.2 Å². The first kappa shape index (κ1) is 18.1. The van der Waals surface area contributed by atoms with Gasteiger partial charge in [0.15, 0.2) is 6.29 Å². The number of carbonyl (C=O) groups is 1. The number of hydrogen-bond donors (Lipinski definition) is 1. The molecule has 0 aromatic carbocycles. The van der Waals surface area contributed by atoms with E-state index in [0.717, 1.165) is 12.8 Å². The summed E-state index contributed by atoms with van der Waals surface area (Å²) in [5, 5.41) is 9.84. The second kappa shape index (κ2) is 9.18. The average molecular weight is 300 g/mol. The Morgan fingerprint density at radius 1 is 1.38 bits per heavy atom. The third-order valence-electron chi connectivity index (χ3n) is 3.26. The number of carbonyl (C=O) groups excluding carboxylic acids is 1. The topological polar surface area (TPSA) is 65.0 Å². The lowest BCUT2D eigenvalue weighted by Gasteiger charge is -2.33. The van der Waals surface area contributed by atoms with Crippen LogP contribution in [0.3, 0.4) is 0 Å². The van der Waals surface area contributed by atoms with Crippen LogP contribution in [0.4, 0.5) is 0 Å². The van der Waals surface area contributed by atoms with Gasteiger partial charge < -0.3 is 19.3 Å². The Morgan fingerprint density at radius 2 is 2.10 bits per heavy atom. The van der Waals surface area contributed by atoms with Crippen LogP contribution >= 0.6 is 0 Å². The van der Waals surface area contributed by atoms with Crippen molar-refractivity contribution >= 4 is 5.97 Å². The molecule has 21 heavy (non-hydrogen) atoms. The highest BCUT2D eigenvalue weighted by Gasteiger charge is 2.29. The van der Waals surface area contributed by atoms with Gasteiger partial charge in [-0.3, -0.25) is 0 Å². The largest absolute Gasteiger partial charge is 0.460 e. The number of allylic oxidation sites excluding steroid dienone is 1. The molecule has 0 bridgehead atoms. The standard InChI is InChI=1S/C16H28O5/c1-11(2)19-15(18)8-6-5-7-12(3)20-16-14(17)10-9-13(4)21-16/h6,8,11-14,16-17H,5,7,9-10H2,1-4H3/b8-6+/t12-,13+,14?,16?/m1/s1. The molecule has 0 saturated carbocycles. The van der Waals surface area contributed by atoms with E-state index in [1.807, 2.05) is 27.7 Å². The maximum absolute atomic E-state index is 11.3. The van der Waals surface area contributed by atoms with Gasteiger partial charge in [-0.1, -0.05) is 6.08 Å². The van der Waals surface area contributed by atoms with Crippen molar-refractivity contribution in [1.29, 1.82) is 0 Å². The first-order valence-electron chi connectivity index (χ1n) is 7.74. The molecule has 1 saturated heterocycles. The van der Waals surface area contributed by atoms with Crippen LogP contribution in [-0.2, 0) is 19.0 Å². The predicted molar refractivity (Wildman–Crippen MR) is 79.7 cm³/mol. The summed E-state index contributed by atoms with van der Waals surface area (Å²) < 4.78 is 16.3. The highest BCUT2D eigenvalue weighted by Crippen LogP contribution is 2.22. The molecule has 0 aromatic rings. The molecule has 0 aromatic heterocycles. The monoisotopic (exact) mass is 300 g/mol. The van der Waals surface area contributed by atoms with Crippen molar-refractivity contribution in [3.8, 4) is 0 Å². The summed E-state index contributed by atoms with van der Waals surface area (Å²) in [6.45, 7) is 7.56. The normalized spacial score (nSPS) is 28.0. The molecule has 1 fully saturated rings. The van der Waals surface area contributed by atoms with Crippen LogP contribution < -0.4 is 0 Å². The van der Waals surface area contributed by atoms with Gasteiger partial charge in [-0.2, -0.15) is 0 Å². The van der Waals surface area contributed by atoms with Crippen LogP contribution in [-0.4, -0.2) is 41.8 Å². The molecule has 1 aliphatic rings. The van der Waals surface area contributed by atoms with Crippen molar-refractivity contribution in [2.24, 2.45) is 0 Å². The zero-order valence-electron chi connectivity index (χ0n) is 13.5. The minimum Gasteiger partial charge on any atom is -0.460 e. The minimum atomic E-state index is -0.555. The van der Waals surface area contributed by atoms with Crippen LogP contribution in [0.25, 0.3) is 0 Å². The molecule has 1 aliphatic heterocycles. The Balaban J connectivity index is 2.23. The lowest BCUT2D eigenvalue weighted by molar-refractivity contribution is -0.251. The molecule has 0 radical (unpaired) electrons. The fourth-order valence-electron chi connectivity index (χ4n) is 2.13. The van der Waals surface area contributed by atoms with Gasteiger partial charge in [0.05, 0.1) is 18.3 Å². The lowest BCUT2D eigenvalue weighted by atomic mass is 10.1. The Labute approximate surface area is 127 Å². The maximum atomic E-state index is 11.3. The Hall–Kier alpha value is -0.910. The van der Waals surface area contributed by atoms with Crippen molar-refractivity contribution in [2.45, 2.75) is 84.1 Å². The fourth-order valence-corrected chi connectivity index (χ4v) is 2.13. The fraction of sp³-hybridized carbons (Fsp3) is 0.812. The van der Waals surface area contributed by atoms with Crippen LogP contribution in [0.5, 0.6) is 0 Å². The molecule has 5 heteroatoms. The summed E-state index contributed by atoms with van der Waals surface area (Å²) in [5.41, 5.74) is 0. The SMILES string of the molecule is CC(C)OC(=O)/C=C/CC[C@@H](C)OC1O[C@@H](C)CCC1O. The highest BCUT2D eigenvalue weighted by molar-refractivity contribution is 5.81. The number of rotatable bonds is 7. The van der Waals surface area contributed by atoms with Crippen LogP contribution in [0.2, 0.25) is 0 Å². The van der Waals surface area contributed by atoms with Gasteiger partial charge >= 0.3 is 5.97 Å². The van der Waals surface area contributed by atoms with E-state index >= 15 is 0 Å². The summed E-state index contributed by atoms with van der Waals surface area (Å²) in [5.74, 6) is -0.321. The summed E-state index contributed by atoms with van der Waals surface area (Å²) >= 11 is 0. The highest BCUT2D eigenvalue weighted by atomic mass is 16.7. The molecule has 2 unspecified atom stereocenters. The van der Waals surface area contributed by atoms with Crippen molar-refractivity contribution in [2.75, 3.05) is 0 Å². The zero-order valence-corrected chi connectivity index (χ0v) is 13.5. The lowest BCUT2D eigenvalue weighted by Crippen LogP contribution is -2.41. The number of ether oxygens (including phenoxy) is 3. The molecular formula is C16H28O5. The van der Waals surface area contributed by atoms with Gasteiger partial charge in [0, 0.05) is 6.08 Å². The van der Waals surface area contributed by atoms with Gasteiger partial charge in [-0.15, -0.1) is 0 Å². The second-order valence-electron chi connectivity index (χ2n) is 5.87. The molecular weight excluding hydrogens is 272 g/mol. The van der Waals surface area contributed by atoms with Crippen molar-refractivity contribution < 1.29 is 24.1 Å². The second-order valence-corrected chi connectivity index (χ2v) is 5.87. The average Bonchev–Trinajstić information content (AvgIpc) is 2.38. The van der Waals surface area contributed by atoms with Crippen molar-refractivity contribution in [3.63, 3.8) is 0 Å². The molecule has 1 heterocycles. The maximum Gasteiger partial charge on any atom is 0.330 e. The molecule has 0 spiro atoms. The van der Waals surface area contributed by atoms with Gasteiger partial charge in [0.2, 0.25) is 0 Å². The predicted octanol–water partition coefficient (Wildman–Crippen LogP) is 2.57. The van der Waals surface area contributed by atoms with Crippen LogP contribution in [0.15, 0.2) is 12.2 Å². The van der Waals surface area contributed by atoms with E-state index in [2.05, 4.69) is 0 Å². The number of aliphatic hydroxyl groups excluding tert-OH is 1. The third kappa shape index (κ3) is 7.60. The van der Waals surface area contributed by atoms with Crippen LogP contribution in [0, 0.1) is 0 Å². The molecule has 4 atom stereocenters. The van der Waals surface area contributed by atoms with Gasteiger partial charge in [0.25, 0.3) is 0 Å². The molecule has 1 rings (SSSR count). The Morgan fingerprint density at radius 3 is 2.76 bits per heavy atom. The van der Waals surface area contributed by atoms with Crippen molar-refractivity contribution in [1.82, 2.24) is 0 Å². The summed E-state index contributed by atoms with van der Waals surface area (Å²) in [7, 11) is 0. The number of aliphatic hydroxyl groups is 1. The number of hydrogen-bond acceptors (Lipinski definition) is 5. The Bertz CT molecular complexity index is 340. The minimum absolute atomic E-state index is 0.0410. The number of esters is 1. The molecule has 1 N–H and O–H groups in total. The zero-order chi connectivity index (χ0) is 15.8.